The number of aliphatic carboxylic acids is 1. The van der Waals surface area contributed by atoms with Crippen LogP contribution in [0, 0.1) is 28.9 Å². The van der Waals surface area contributed by atoms with Crippen molar-refractivity contribution in [2.45, 2.75) is 5.92 Å². The summed E-state index contributed by atoms with van der Waals surface area (Å²) in [4.78, 5) is 13.2. The third-order valence-corrected chi connectivity index (χ3v) is 4.09. The first-order chi connectivity index (χ1) is 11.5. The standard InChI is InChI=1S/C16H12F2N4O2/c17-9-1-3-11(14(18)5-9)12-7-22(8-13(12)16(23)24)15-4-2-10(6-19)20-21-15/h1-5,12-13H,7-8H2,(H,23,24)/t12-,13?/m0/s1. The van der Waals surface area contributed by atoms with Gasteiger partial charge < -0.3 is 10.0 Å². The van der Waals surface area contributed by atoms with Crippen LogP contribution in [0.15, 0.2) is 30.3 Å². The van der Waals surface area contributed by atoms with E-state index in [2.05, 4.69) is 10.2 Å². The fraction of sp³-hybridized carbons (Fsp3) is 0.250. The van der Waals surface area contributed by atoms with Gasteiger partial charge in [-0.1, -0.05) is 6.07 Å². The summed E-state index contributed by atoms with van der Waals surface area (Å²) in [6.45, 7) is 0.331. The smallest absolute Gasteiger partial charge is 0.308 e. The minimum Gasteiger partial charge on any atom is -0.481 e. The third-order valence-electron chi connectivity index (χ3n) is 4.09. The van der Waals surface area contributed by atoms with E-state index in [9.17, 15) is 18.7 Å². The summed E-state index contributed by atoms with van der Waals surface area (Å²) >= 11 is 0. The van der Waals surface area contributed by atoms with E-state index in [1.807, 2.05) is 6.07 Å². The van der Waals surface area contributed by atoms with Crippen molar-refractivity contribution < 1.29 is 18.7 Å². The van der Waals surface area contributed by atoms with Gasteiger partial charge in [0, 0.05) is 25.1 Å². The minimum atomic E-state index is -1.06. The molecule has 1 aliphatic rings. The molecule has 0 radical (unpaired) electrons. The number of carbonyl (C=O) groups is 1. The van der Waals surface area contributed by atoms with Crippen molar-refractivity contribution in [2.75, 3.05) is 18.0 Å². The van der Waals surface area contributed by atoms with Gasteiger partial charge in [-0.2, -0.15) is 5.26 Å². The van der Waals surface area contributed by atoms with E-state index in [1.165, 1.54) is 12.1 Å². The Kier molecular flexibility index (Phi) is 4.08. The first-order valence-electron chi connectivity index (χ1n) is 7.16. The second-order valence-electron chi connectivity index (χ2n) is 5.51. The van der Waals surface area contributed by atoms with E-state index in [0.29, 0.717) is 5.82 Å². The highest BCUT2D eigenvalue weighted by molar-refractivity contribution is 5.73. The second-order valence-corrected chi connectivity index (χ2v) is 5.51. The molecule has 0 bridgehead atoms. The van der Waals surface area contributed by atoms with E-state index in [1.54, 1.807) is 11.0 Å². The lowest BCUT2D eigenvalue weighted by Crippen LogP contribution is -2.24. The first-order valence-corrected chi connectivity index (χ1v) is 7.16. The molecule has 2 atom stereocenters. The largest absolute Gasteiger partial charge is 0.481 e. The van der Waals surface area contributed by atoms with Crippen LogP contribution in [0.25, 0.3) is 0 Å². The maximum Gasteiger partial charge on any atom is 0.308 e. The molecule has 1 unspecified atom stereocenters. The number of hydrogen-bond donors (Lipinski definition) is 1. The van der Waals surface area contributed by atoms with Crippen molar-refractivity contribution in [1.82, 2.24) is 10.2 Å². The zero-order valence-corrected chi connectivity index (χ0v) is 12.4. The molecule has 3 rings (SSSR count). The van der Waals surface area contributed by atoms with Crippen LogP contribution in [0.4, 0.5) is 14.6 Å². The van der Waals surface area contributed by atoms with Gasteiger partial charge in [-0.3, -0.25) is 4.79 Å². The lowest BCUT2D eigenvalue weighted by Gasteiger charge is -2.17. The third kappa shape index (κ3) is 2.88. The van der Waals surface area contributed by atoms with Gasteiger partial charge in [-0.25, -0.2) is 8.78 Å². The number of carboxylic acids is 1. The zero-order chi connectivity index (χ0) is 17.3. The molecule has 122 valence electrons. The monoisotopic (exact) mass is 330 g/mol. The Bertz CT molecular complexity index is 820. The summed E-state index contributed by atoms with van der Waals surface area (Å²) in [6, 6.07) is 8.03. The molecule has 1 N–H and O–H groups in total. The quantitative estimate of drug-likeness (QED) is 0.925. The molecule has 2 aromatic rings. The summed E-state index contributed by atoms with van der Waals surface area (Å²) in [6.07, 6.45) is 0. The first kappa shape index (κ1) is 15.8. The Morgan fingerprint density at radius 3 is 2.62 bits per heavy atom. The molecule has 0 amide bonds. The maximum absolute atomic E-state index is 14.1. The van der Waals surface area contributed by atoms with Crippen LogP contribution in [0.3, 0.4) is 0 Å². The van der Waals surface area contributed by atoms with Crippen molar-refractivity contribution in [3.8, 4) is 6.07 Å². The molecule has 0 aliphatic carbocycles. The molecule has 8 heteroatoms. The molecule has 1 aromatic heterocycles. The van der Waals surface area contributed by atoms with Crippen LogP contribution in [-0.2, 0) is 4.79 Å². The minimum absolute atomic E-state index is 0.122. The summed E-state index contributed by atoms with van der Waals surface area (Å²) in [7, 11) is 0. The number of aromatic nitrogens is 2. The van der Waals surface area contributed by atoms with E-state index >= 15 is 0 Å². The number of rotatable bonds is 3. The predicted molar refractivity (Wildman–Crippen MR) is 79.2 cm³/mol. The molecule has 6 nitrogen and oxygen atoms in total. The number of anilines is 1. The molecule has 2 heterocycles. The molecule has 1 aromatic carbocycles. The Morgan fingerprint density at radius 2 is 2.04 bits per heavy atom. The summed E-state index contributed by atoms with van der Waals surface area (Å²) in [5, 5.41) is 25.8. The van der Waals surface area contributed by atoms with Crippen LogP contribution in [0.1, 0.15) is 17.2 Å². The van der Waals surface area contributed by atoms with Crippen LogP contribution in [0.2, 0.25) is 0 Å². The number of hydrogen-bond acceptors (Lipinski definition) is 5. The SMILES string of the molecule is N#Cc1ccc(N2CC(C(=O)O)[C@H](c3ccc(F)cc3F)C2)nn1. The molecule has 1 saturated heterocycles. The van der Waals surface area contributed by atoms with Crippen LogP contribution < -0.4 is 4.90 Å². The lowest BCUT2D eigenvalue weighted by atomic mass is 9.88. The van der Waals surface area contributed by atoms with Gasteiger partial charge in [0.25, 0.3) is 0 Å². The number of nitrogens with zero attached hydrogens (tertiary/aromatic N) is 4. The highest BCUT2D eigenvalue weighted by atomic mass is 19.1. The summed E-state index contributed by atoms with van der Waals surface area (Å²) in [5.74, 6) is -3.63. The van der Waals surface area contributed by atoms with Crippen LogP contribution in [0.5, 0.6) is 0 Å². The Hall–Kier alpha value is -3.08. The molecule has 24 heavy (non-hydrogen) atoms. The van der Waals surface area contributed by atoms with Crippen molar-refractivity contribution in [3.05, 3.63) is 53.2 Å². The average molecular weight is 330 g/mol. The summed E-state index contributed by atoms with van der Waals surface area (Å²) in [5.41, 5.74) is 0.307. The zero-order valence-electron chi connectivity index (χ0n) is 12.4. The topological polar surface area (TPSA) is 90.1 Å². The van der Waals surface area contributed by atoms with Gasteiger partial charge in [-0.05, 0) is 23.8 Å². The van der Waals surface area contributed by atoms with E-state index in [-0.39, 0.29) is 24.3 Å². The normalized spacial score (nSPS) is 20.0. The highest BCUT2D eigenvalue weighted by Gasteiger charge is 2.40. The second kappa shape index (κ2) is 6.20. The van der Waals surface area contributed by atoms with Gasteiger partial charge in [0.2, 0.25) is 0 Å². The van der Waals surface area contributed by atoms with Crippen molar-refractivity contribution in [3.63, 3.8) is 0 Å². The van der Waals surface area contributed by atoms with Gasteiger partial charge in [0.05, 0.1) is 5.92 Å². The van der Waals surface area contributed by atoms with Crippen molar-refractivity contribution in [2.24, 2.45) is 5.92 Å². The summed E-state index contributed by atoms with van der Waals surface area (Å²) < 4.78 is 27.1. The van der Waals surface area contributed by atoms with E-state index < -0.39 is 29.4 Å². The van der Waals surface area contributed by atoms with Gasteiger partial charge in [0.1, 0.15) is 17.7 Å². The molecule has 0 spiro atoms. The fourth-order valence-corrected chi connectivity index (χ4v) is 2.91. The Morgan fingerprint density at radius 1 is 1.25 bits per heavy atom. The predicted octanol–water partition coefficient (Wildman–Crippen LogP) is 1.93. The van der Waals surface area contributed by atoms with E-state index in [4.69, 9.17) is 5.26 Å². The van der Waals surface area contributed by atoms with E-state index in [0.717, 1.165) is 12.1 Å². The van der Waals surface area contributed by atoms with Gasteiger partial charge >= 0.3 is 5.97 Å². The average Bonchev–Trinajstić information content (AvgIpc) is 3.00. The molecule has 1 aliphatic heterocycles. The molecular formula is C16H12F2N4O2. The van der Waals surface area contributed by atoms with Crippen molar-refractivity contribution >= 4 is 11.8 Å². The van der Waals surface area contributed by atoms with Gasteiger partial charge in [-0.15, -0.1) is 10.2 Å². The number of nitriles is 1. The van der Waals surface area contributed by atoms with Crippen LogP contribution >= 0.6 is 0 Å². The Balaban J connectivity index is 1.91. The maximum atomic E-state index is 14.1. The number of benzene rings is 1. The number of carboxylic acid groups (broad SMARTS) is 1. The number of halogens is 2. The highest BCUT2D eigenvalue weighted by Crippen LogP contribution is 2.36. The molecule has 0 saturated carbocycles. The van der Waals surface area contributed by atoms with Gasteiger partial charge in [0.15, 0.2) is 11.5 Å². The fourth-order valence-electron chi connectivity index (χ4n) is 2.91. The Labute approximate surface area is 136 Å². The molecular weight excluding hydrogens is 318 g/mol. The van der Waals surface area contributed by atoms with Crippen molar-refractivity contribution in [1.29, 1.82) is 5.26 Å². The lowest BCUT2D eigenvalue weighted by molar-refractivity contribution is -0.141. The molecule has 1 fully saturated rings. The van der Waals surface area contributed by atoms with Crippen LogP contribution in [-0.4, -0.2) is 34.4 Å².